The number of halogens is 1. The fourth-order valence-corrected chi connectivity index (χ4v) is 0.961. The minimum Gasteiger partial charge on any atom is -0.211 e. The molecule has 0 amide bonds. The van der Waals surface area contributed by atoms with E-state index in [0.717, 1.165) is 0 Å². The van der Waals surface area contributed by atoms with Gasteiger partial charge in [0.1, 0.15) is 0 Å². The zero-order valence-corrected chi connectivity index (χ0v) is 10.1. The molecule has 0 aliphatic heterocycles. The first kappa shape index (κ1) is 14.1. The van der Waals surface area contributed by atoms with Crippen LogP contribution in [0.1, 0.15) is 25.3 Å². The first-order valence-corrected chi connectivity index (χ1v) is 3.64. The van der Waals surface area contributed by atoms with E-state index in [4.69, 9.17) is 0 Å². The van der Waals surface area contributed by atoms with E-state index in [1.807, 2.05) is 0 Å². The van der Waals surface area contributed by atoms with Crippen LogP contribution in [0.25, 0.3) is 0 Å². The Balaban J connectivity index is 0. The number of hydrogen-bond donors (Lipinski definition) is 0. The van der Waals surface area contributed by atoms with E-state index in [0.29, 0.717) is 0 Å². The van der Waals surface area contributed by atoms with Crippen LogP contribution in [0.3, 0.4) is 0 Å². The topological polar surface area (TPSA) is 0 Å². The first-order chi connectivity index (χ1) is 4.43. The van der Waals surface area contributed by atoms with E-state index >= 15 is 0 Å². The summed E-state index contributed by atoms with van der Waals surface area (Å²) in [5, 5.41) is 0. The number of hydrogen-bond acceptors (Lipinski definition) is 0. The van der Waals surface area contributed by atoms with Gasteiger partial charge in [0.2, 0.25) is 0 Å². The zero-order chi connectivity index (χ0) is 6.53. The van der Waals surface area contributed by atoms with Gasteiger partial charge in [-0.3, -0.25) is 0 Å². The third kappa shape index (κ3) is 5.76. The largest absolute Gasteiger partial charge is 0.211 e. The predicted octanol–water partition coefficient (Wildman–Crippen LogP) is 3.17. The quantitative estimate of drug-likeness (QED) is 0.721. The molecule has 0 radical (unpaired) electrons. The molecular formula is C9H14ClZr-. The van der Waals surface area contributed by atoms with Crippen LogP contribution < -0.4 is 0 Å². The summed E-state index contributed by atoms with van der Waals surface area (Å²) >= 11 is 0. The summed E-state index contributed by atoms with van der Waals surface area (Å²) in [4.78, 5) is 0. The van der Waals surface area contributed by atoms with Gasteiger partial charge in [-0.1, -0.05) is 26.2 Å². The van der Waals surface area contributed by atoms with Crippen molar-refractivity contribution in [3.05, 3.63) is 29.8 Å². The Labute approximate surface area is 94.3 Å². The summed E-state index contributed by atoms with van der Waals surface area (Å²) in [7, 11) is 0. The molecule has 1 rings (SSSR count). The van der Waals surface area contributed by atoms with Crippen molar-refractivity contribution in [2.45, 2.75) is 26.2 Å². The third-order valence-electron chi connectivity index (χ3n) is 1.55. The number of unbranched alkanes of at least 4 members (excludes halogenated alkanes) is 1. The maximum Gasteiger partial charge on any atom is 0 e. The zero-order valence-electron chi connectivity index (χ0n) is 6.84. The standard InChI is InChI=1S/C9H13.ClH.Zr/c1-2-3-6-9-7-4-5-8-9;;/h4-5,7-8H,2-3,6H2,1H3;1H;/q-1;;. The van der Waals surface area contributed by atoms with Crippen LogP contribution in [-0.2, 0) is 32.6 Å². The molecule has 0 aromatic heterocycles. The molecule has 0 fully saturated rings. The average Bonchev–Trinajstić information content (AvgIpc) is 2.34. The van der Waals surface area contributed by atoms with Gasteiger partial charge >= 0.3 is 0 Å². The molecule has 1 aromatic carbocycles. The molecule has 0 saturated carbocycles. The molecular weight excluding hydrogens is 235 g/mol. The molecule has 0 bridgehead atoms. The van der Waals surface area contributed by atoms with Gasteiger partial charge in [0.05, 0.1) is 0 Å². The second kappa shape index (κ2) is 8.62. The molecule has 0 spiro atoms. The van der Waals surface area contributed by atoms with Crippen molar-refractivity contribution in [1.82, 2.24) is 0 Å². The smallest absolute Gasteiger partial charge is 0 e. The summed E-state index contributed by atoms with van der Waals surface area (Å²) in [5.41, 5.74) is 1.48. The van der Waals surface area contributed by atoms with Gasteiger partial charge in [-0.2, -0.15) is 23.8 Å². The summed E-state index contributed by atoms with van der Waals surface area (Å²) in [6.07, 6.45) is 3.87. The Hall–Kier alpha value is 0.523. The van der Waals surface area contributed by atoms with Crippen LogP contribution in [0, 0.1) is 0 Å². The van der Waals surface area contributed by atoms with Crippen molar-refractivity contribution >= 4 is 12.4 Å². The van der Waals surface area contributed by atoms with Crippen molar-refractivity contribution in [1.29, 1.82) is 0 Å². The maximum absolute atomic E-state index is 2.23. The van der Waals surface area contributed by atoms with Crippen molar-refractivity contribution in [2.75, 3.05) is 0 Å². The molecule has 0 nitrogen and oxygen atoms in total. The second-order valence-electron chi connectivity index (χ2n) is 2.40. The molecule has 0 heterocycles. The van der Waals surface area contributed by atoms with Gasteiger partial charge in [-0.05, 0) is 0 Å². The molecule has 1 aromatic rings. The molecule has 0 N–H and O–H groups in total. The van der Waals surface area contributed by atoms with Crippen LogP contribution in [0.4, 0.5) is 0 Å². The van der Waals surface area contributed by atoms with E-state index < -0.39 is 0 Å². The molecule has 0 atom stereocenters. The summed E-state index contributed by atoms with van der Waals surface area (Å²) in [6.45, 7) is 2.23. The summed E-state index contributed by atoms with van der Waals surface area (Å²) in [5.74, 6) is 0. The van der Waals surface area contributed by atoms with Crippen molar-refractivity contribution < 1.29 is 26.2 Å². The van der Waals surface area contributed by atoms with E-state index in [9.17, 15) is 0 Å². The van der Waals surface area contributed by atoms with Gasteiger partial charge < -0.3 is 0 Å². The SMILES string of the molecule is CCCCc1cc[cH-]c1.Cl.[Zr]. The fourth-order valence-electron chi connectivity index (χ4n) is 0.961. The van der Waals surface area contributed by atoms with Gasteiger partial charge in [0.25, 0.3) is 0 Å². The van der Waals surface area contributed by atoms with Crippen LogP contribution in [0.5, 0.6) is 0 Å². The van der Waals surface area contributed by atoms with Crippen LogP contribution in [-0.4, -0.2) is 0 Å². The van der Waals surface area contributed by atoms with Gasteiger partial charge in [-0.25, -0.2) is 6.07 Å². The molecule has 2 heteroatoms. The Bertz CT molecular complexity index is 147. The third-order valence-corrected chi connectivity index (χ3v) is 1.55. The predicted molar refractivity (Wildman–Crippen MR) is 47.9 cm³/mol. The molecule has 0 saturated heterocycles. The fraction of sp³-hybridized carbons (Fsp3) is 0.444. The van der Waals surface area contributed by atoms with Crippen molar-refractivity contribution in [3.63, 3.8) is 0 Å². The van der Waals surface area contributed by atoms with E-state index in [1.165, 1.54) is 24.8 Å². The molecule has 62 valence electrons. The number of aryl methyl sites for hydroxylation is 1. The maximum atomic E-state index is 2.23. The summed E-state index contributed by atoms with van der Waals surface area (Å²) in [6, 6.07) is 8.58. The van der Waals surface area contributed by atoms with Crippen LogP contribution in [0.15, 0.2) is 24.3 Å². The Morgan fingerprint density at radius 1 is 1.45 bits per heavy atom. The average molecular weight is 249 g/mol. The van der Waals surface area contributed by atoms with E-state index in [-0.39, 0.29) is 38.6 Å². The van der Waals surface area contributed by atoms with Crippen LogP contribution >= 0.6 is 12.4 Å². The van der Waals surface area contributed by atoms with Crippen molar-refractivity contribution in [3.8, 4) is 0 Å². The summed E-state index contributed by atoms with van der Waals surface area (Å²) < 4.78 is 0. The van der Waals surface area contributed by atoms with E-state index in [2.05, 4.69) is 31.2 Å². The molecule has 11 heavy (non-hydrogen) atoms. The monoisotopic (exact) mass is 247 g/mol. The Morgan fingerprint density at radius 2 is 2.18 bits per heavy atom. The first-order valence-electron chi connectivity index (χ1n) is 3.64. The van der Waals surface area contributed by atoms with Gasteiger partial charge in [-0.15, -0.1) is 12.4 Å². The molecule has 0 aliphatic rings. The Morgan fingerprint density at radius 3 is 2.64 bits per heavy atom. The van der Waals surface area contributed by atoms with Gasteiger partial charge in [0, 0.05) is 26.2 Å². The normalized spacial score (nSPS) is 8.09. The van der Waals surface area contributed by atoms with E-state index in [1.54, 1.807) is 0 Å². The second-order valence-corrected chi connectivity index (χ2v) is 2.40. The molecule has 0 aliphatic carbocycles. The minimum absolute atomic E-state index is 0. The Kier molecular flexibility index (Phi) is 11.0. The molecule has 0 unspecified atom stereocenters. The van der Waals surface area contributed by atoms with Gasteiger partial charge in [0.15, 0.2) is 0 Å². The number of rotatable bonds is 3. The van der Waals surface area contributed by atoms with Crippen molar-refractivity contribution in [2.24, 2.45) is 0 Å². The van der Waals surface area contributed by atoms with Crippen LogP contribution in [0.2, 0.25) is 0 Å². The minimum atomic E-state index is 0.